The Morgan fingerprint density at radius 2 is 2.17 bits per heavy atom. The molecule has 0 saturated carbocycles. The molecule has 0 amide bonds. The standard InChI is InChI=1S/C15H22N4O5/c1-7(2)5-16-15-17-12-8(13(23)18-15)3-4-19(12)14-11(22)10(21)9(6-20)24-14/h3-4,7,9-11,14,20-22H,5-6H2,1-2H3,(H2,16,17,18,23)/t9-,10+,11?,14-/m1/s1. The van der Waals surface area contributed by atoms with Gasteiger partial charge in [-0.1, -0.05) is 13.8 Å². The highest BCUT2D eigenvalue weighted by molar-refractivity contribution is 5.76. The molecule has 1 fully saturated rings. The Bertz CT molecular complexity index is 771. The van der Waals surface area contributed by atoms with Gasteiger partial charge in [-0.15, -0.1) is 0 Å². The zero-order valence-corrected chi connectivity index (χ0v) is 13.5. The van der Waals surface area contributed by atoms with Gasteiger partial charge in [-0.25, -0.2) is 0 Å². The van der Waals surface area contributed by atoms with E-state index in [2.05, 4.69) is 15.3 Å². The summed E-state index contributed by atoms with van der Waals surface area (Å²) in [6.45, 7) is 4.29. The number of aliphatic hydroxyl groups excluding tert-OH is 3. The van der Waals surface area contributed by atoms with E-state index in [1.165, 1.54) is 4.57 Å². The lowest BCUT2D eigenvalue weighted by Gasteiger charge is -2.17. The molecule has 4 atom stereocenters. The summed E-state index contributed by atoms with van der Waals surface area (Å²) >= 11 is 0. The summed E-state index contributed by atoms with van der Waals surface area (Å²) in [5.74, 6) is 0.700. The molecule has 2 aromatic heterocycles. The number of H-pyrrole nitrogens is 1. The molecule has 0 radical (unpaired) electrons. The molecule has 1 aliphatic heterocycles. The molecule has 9 heteroatoms. The minimum Gasteiger partial charge on any atom is -0.394 e. The summed E-state index contributed by atoms with van der Waals surface area (Å²) in [5, 5.41) is 32.7. The lowest BCUT2D eigenvalue weighted by Crippen LogP contribution is -2.33. The van der Waals surface area contributed by atoms with E-state index in [4.69, 9.17) is 4.74 Å². The third-order valence-corrected chi connectivity index (χ3v) is 4.05. The van der Waals surface area contributed by atoms with Gasteiger partial charge >= 0.3 is 0 Å². The molecule has 1 aliphatic rings. The first-order valence-electron chi connectivity index (χ1n) is 7.89. The zero-order valence-electron chi connectivity index (χ0n) is 13.5. The maximum absolute atomic E-state index is 12.2. The van der Waals surface area contributed by atoms with Crippen molar-refractivity contribution in [2.75, 3.05) is 18.5 Å². The smallest absolute Gasteiger partial charge is 0.261 e. The van der Waals surface area contributed by atoms with Gasteiger partial charge in [0.25, 0.3) is 5.56 Å². The van der Waals surface area contributed by atoms with Crippen LogP contribution in [0, 0.1) is 5.92 Å². The number of nitrogens with one attached hydrogen (secondary N) is 2. The van der Waals surface area contributed by atoms with Gasteiger partial charge in [0.1, 0.15) is 18.3 Å². The van der Waals surface area contributed by atoms with Gasteiger partial charge in [0.05, 0.1) is 12.0 Å². The number of rotatable bonds is 5. The van der Waals surface area contributed by atoms with Crippen molar-refractivity contribution in [1.82, 2.24) is 14.5 Å². The molecule has 9 nitrogen and oxygen atoms in total. The Kier molecular flexibility index (Phi) is 4.59. The summed E-state index contributed by atoms with van der Waals surface area (Å²) in [7, 11) is 0. The number of nitrogens with zero attached hydrogens (tertiary/aromatic N) is 2. The zero-order chi connectivity index (χ0) is 17.4. The predicted octanol–water partition coefficient (Wildman–Crippen LogP) is -0.596. The van der Waals surface area contributed by atoms with E-state index in [0.717, 1.165) is 0 Å². The monoisotopic (exact) mass is 338 g/mol. The molecule has 24 heavy (non-hydrogen) atoms. The van der Waals surface area contributed by atoms with Crippen LogP contribution in [0.5, 0.6) is 0 Å². The van der Waals surface area contributed by atoms with E-state index < -0.39 is 31.1 Å². The van der Waals surface area contributed by atoms with Gasteiger partial charge in [-0.05, 0) is 12.0 Å². The van der Waals surface area contributed by atoms with Gasteiger partial charge in [0.2, 0.25) is 5.95 Å². The number of anilines is 1. The van der Waals surface area contributed by atoms with Crippen LogP contribution in [0.2, 0.25) is 0 Å². The van der Waals surface area contributed by atoms with Crippen LogP contribution in [0.3, 0.4) is 0 Å². The number of aliphatic hydroxyl groups is 3. The quantitative estimate of drug-likeness (QED) is 0.492. The maximum atomic E-state index is 12.2. The third kappa shape index (κ3) is 2.91. The normalized spacial score (nSPS) is 27.2. The fraction of sp³-hybridized carbons (Fsp3) is 0.600. The summed E-state index contributed by atoms with van der Waals surface area (Å²) in [6, 6.07) is 1.57. The first kappa shape index (κ1) is 16.9. The molecule has 0 spiro atoms. The molecular formula is C15H22N4O5. The summed E-state index contributed by atoms with van der Waals surface area (Å²) in [5.41, 5.74) is 0.0246. The first-order valence-corrected chi connectivity index (χ1v) is 7.89. The van der Waals surface area contributed by atoms with Crippen LogP contribution in [0.4, 0.5) is 5.95 Å². The summed E-state index contributed by atoms with van der Waals surface area (Å²) < 4.78 is 7.00. The van der Waals surface area contributed by atoms with Crippen molar-refractivity contribution in [1.29, 1.82) is 0 Å². The number of hydrogen-bond donors (Lipinski definition) is 5. The number of aromatic amines is 1. The van der Waals surface area contributed by atoms with Crippen molar-refractivity contribution in [3.8, 4) is 0 Å². The summed E-state index contributed by atoms with van der Waals surface area (Å²) in [4.78, 5) is 19.2. The second-order valence-electron chi connectivity index (χ2n) is 6.38. The van der Waals surface area contributed by atoms with Crippen molar-refractivity contribution in [3.05, 3.63) is 22.6 Å². The van der Waals surface area contributed by atoms with Crippen LogP contribution < -0.4 is 10.9 Å². The van der Waals surface area contributed by atoms with Crippen LogP contribution in [-0.4, -0.2) is 61.3 Å². The van der Waals surface area contributed by atoms with Crippen LogP contribution in [0.1, 0.15) is 20.1 Å². The molecule has 1 unspecified atom stereocenters. The van der Waals surface area contributed by atoms with Crippen LogP contribution in [0.25, 0.3) is 11.0 Å². The Morgan fingerprint density at radius 3 is 2.79 bits per heavy atom. The summed E-state index contributed by atoms with van der Waals surface area (Å²) in [6.07, 6.45) is -2.69. The highest BCUT2D eigenvalue weighted by Crippen LogP contribution is 2.31. The molecular weight excluding hydrogens is 316 g/mol. The molecule has 0 bridgehead atoms. The molecule has 5 N–H and O–H groups in total. The fourth-order valence-electron chi connectivity index (χ4n) is 2.74. The van der Waals surface area contributed by atoms with Crippen LogP contribution in [-0.2, 0) is 4.74 Å². The van der Waals surface area contributed by atoms with Crippen molar-refractivity contribution < 1.29 is 20.1 Å². The molecule has 132 valence electrons. The number of hydrogen-bond acceptors (Lipinski definition) is 7. The SMILES string of the molecule is CC(C)CNc1nc2c(ccn2[C@@H]2O[C@H](CO)[C@H](O)C2O)c(=O)[nH]1. The predicted molar refractivity (Wildman–Crippen MR) is 86.7 cm³/mol. The Hall–Kier alpha value is -1.94. The topological polar surface area (TPSA) is 133 Å². The second kappa shape index (κ2) is 6.52. The van der Waals surface area contributed by atoms with Crippen LogP contribution in [0.15, 0.2) is 17.1 Å². The lowest BCUT2D eigenvalue weighted by molar-refractivity contribution is -0.0508. The molecule has 0 aliphatic carbocycles. The molecule has 0 aromatic carbocycles. The van der Waals surface area contributed by atoms with Crippen molar-refractivity contribution >= 4 is 17.0 Å². The number of aromatic nitrogens is 3. The van der Waals surface area contributed by atoms with Gasteiger partial charge < -0.3 is 29.9 Å². The largest absolute Gasteiger partial charge is 0.394 e. The Morgan fingerprint density at radius 1 is 1.42 bits per heavy atom. The van der Waals surface area contributed by atoms with Gasteiger partial charge in [-0.2, -0.15) is 4.98 Å². The molecule has 3 rings (SSSR count). The molecule has 2 aromatic rings. The van der Waals surface area contributed by atoms with E-state index in [0.29, 0.717) is 29.4 Å². The van der Waals surface area contributed by atoms with Gasteiger partial charge in [0.15, 0.2) is 11.9 Å². The van der Waals surface area contributed by atoms with Crippen molar-refractivity contribution in [2.24, 2.45) is 5.92 Å². The van der Waals surface area contributed by atoms with Crippen molar-refractivity contribution in [2.45, 2.75) is 38.4 Å². The van der Waals surface area contributed by atoms with E-state index in [9.17, 15) is 20.1 Å². The lowest BCUT2D eigenvalue weighted by atomic mass is 10.1. The number of ether oxygens (including phenoxy) is 1. The third-order valence-electron chi connectivity index (χ3n) is 4.05. The van der Waals surface area contributed by atoms with E-state index in [1.807, 2.05) is 13.8 Å². The van der Waals surface area contributed by atoms with Crippen molar-refractivity contribution in [3.63, 3.8) is 0 Å². The van der Waals surface area contributed by atoms with Gasteiger partial charge in [0, 0.05) is 12.7 Å². The van der Waals surface area contributed by atoms with Gasteiger partial charge in [-0.3, -0.25) is 9.78 Å². The fourth-order valence-corrected chi connectivity index (χ4v) is 2.74. The van der Waals surface area contributed by atoms with E-state index >= 15 is 0 Å². The minimum absolute atomic E-state index is 0.309. The number of fused-ring (bicyclic) bond motifs is 1. The average Bonchev–Trinajstić information content (AvgIpc) is 3.08. The Balaban J connectivity index is 1.98. The molecule has 1 saturated heterocycles. The van der Waals surface area contributed by atoms with E-state index in [-0.39, 0.29) is 5.56 Å². The van der Waals surface area contributed by atoms with E-state index in [1.54, 1.807) is 12.3 Å². The second-order valence-corrected chi connectivity index (χ2v) is 6.38. The Labute approximate surface area is 137 Å². The highest BCUT2D eigenvalue weighted by Gasteiger charge is 2.43. The van der Waals surface area contributed by atoms with Crippen LogP contribution >= 0.6 is 0 Å². The average molecular weight is 338 g/mol. The maximum Gasteiger partial charge on any atom is 0.261 e. The first-order chi connectivity index (χ1) is 11.4. The highest BCUT2D eigenvalue weighted by atomic mass is 16.6. The minimum atomic E-state index is -1.23. The molecule has 3 heterocycles.